The Morgan fingerprint density at radius 3 is 2.27 bits per heavy atom. The zero-order chi connectivity index (χ0) is 23.6. The van der Waals surface area contributed by atoms with Crippen molar-refractivity contribution in [2.75, 3.05) is 56.7 Å². The summed E-state index contributed by atoms with van der Waals surface area (Å²) in [5.74, 6) is 1.89. The third kappa shape index (κ3) is 5.62. The van der Waals surface area contributed by atoms with Gasteiger partial charge in [0.25, 0.3) is 0 Å². The average Bonchev–Trinajstić information content (AvgIpc) is 3.35. The molecule has 0 bridgehead atoms. The highest BCUT2D eigenvalue weighted by molar-refractivity contribution is 5.88. The van der Waals surface area contributed by atoms with Crippen LogP contribution in [0, 0.1) is 0 Å². The fourth-order valence-electron chi connectivity index (χ4n) is 4.10. The van der Waals surface area contributed by atoms with E-state index in [0.29, 0.717) is 30.5 Å². The van der Waals surface area contributed by atoms with Crippen LogP contribution in [0.15, 0.2) is 28.8 Å². The summed E-state index contributed by atoms with van der Waals surface area (Å²) in [4.78, 5) is 12.0. The summed E-state index contributed by atoms with van der Waals surface area (Å²) in [6.07, 6.45) is 2.09. The number of rotatable bonds is 4. The Balaban J connectivity index is 0.000000728. The van der Waals surface area contributed by atoms with E-state index in [2.05, 4.69) is 20.7 Å². The third-order valence-electron chi connectivity index (χ3n) is 5.79. The van der Waals surface area contributed by atoms with Gasteiger partial charge in [-0.3, -0.25) is 0 Å². The summed E-state index contributed by atoms with van der Waals surface area (Å²) in [7, 11) is 1.91. The molecule has 2 aliphatic rings. The molecule has 33 heavy (non-hydrogen) atoms. The van der Waals surface area contributed by atoms with E-state index in [0.717, 1.165) is 67.3 Å². The van der Waals surface area contributed by atoms with Crippen LogP contribution in [0.4, 0.5) is 11.5 Å². The van der Waals surface area contributed by atoms with Gasteiger partial charge in [-0.2, -0.15) is 0 Å². The molecule has 180 valence electrons. The van der Waals surface area contributed by atoms with E-state index in [4.69, 9.17) is 19.2 Å². The lowest BCUT2D eigenvalue weighted by Crippen LogP contribution is -2.37. The maximum atomic E-state index is 5.83. The maximum Gasteiger partial charge on any atom is 0.227 e. The van der Waals surface area contributed by atoms with Gasteiger partial charge in [-0.15, -0.1) is 0 Å². The van der Waals surface area contributed by atoms with Crippen molar-refractivity contribution < 1.29 is 9.26 Å². The monoisotopic (exact) mass is 454 g/mol. The molecule has 0 spiro atoms. The van der Waals surface area contributed by atoms with Crippen molar-refractivity contribution in [1.82, 2.24) is 20.4 Å². The molecule has 0 atom stereocenters. The Morgan fingerprint density at radius 1 is 0.970 bits per heavy atom. The molecule has 8 heteroatoms. The number of benzene rings is 1. The molecular weight excluding hydrogens is 416 g/mol. The fourth-order valence-corrected chi connectivity index (χ4v) is 4.10. The molecule has 2 aliphatic heterocycles. The van der Waals surface area contributed by atoms with E-state index < -0.39 is 0 Å². The third-order valence-corrected chi connectivity index (χ3v) is 5.79. The Bertz CT molecular complexity index is 976. The Labute approximate surface area is 197 Å². The summed E-state index contributed by atoms with van der Waals surface area (Å²) in [5, 5.41) is 11.0. The van der Waals surface area contributed by atoms with Crippen molar-refractivity contribution in [2.24, 2.45) is 0 Å². The summed E-state index contributed by atoms with van der Waals surface area (Å²) in [6.45, 7) is 12.9. The summed E-state index contributed by atoms with van der Waals surface area (Å²) in [5.41, 5.74) is 4.55. The lowest BCUT2D eigenvalue weighted by molar-refractivity contribution is 0.122. The van der Waals surface area contributed by atoms with Gasteiger partial charge in [-0.05, 0) is 50.2 Å². The number of ether oxygens (including phenoxy) is 1. The van der Waals surface area contributed by atoms with Crippen molar-refractivity contribution in [2.45, 2.75) is 46.5 Å². The first-order valence-corrected chi connectivity index (χ1v) is 12.3. The molecule has 2 saturated heterocycles. The quantitative estimate of drug-likeness (QED) is 0.587. The Kier molecular flexibility index (Phi) is 9.45. The SMILES string of the molecule is CC.CC.CNc1ccc(-c2nc(N3CCOCC3)c3onc(C4CCNCC4)c3n2)cc1. The van der Waals surface area contributed by atoms with Crippen LogP contribution in [0.2, 0.25) is 0 Å². The van der Waals surface area contributed by atoms with Crippen molar-refractivity contribution in [3.05, 3.63) is 30.0 Å². The van der Waals surface area contributed by atoms with Gasteiger partial charge in [-0.1, -0.05) is 32.9 Å². The van der Waals surface area contributed by atoms with Crippen LogP contribution < -0.4 is 15.5 Å². The number of nitrogens with zero attached hydrogens (tertiary/aromatic N) is 4. The van der Waals surface area contributed by atoms with Crippen LogP contribution in [0.3, 0.4) is 0 Å². The minimum atomic E-state index is 0.365. The number of anilines is 2. The van der Waals surface area contributed by atoms with Crippen LogP contribution in [0.5, 0.6) is 0 Å². The summed E-state index contributed by atoms with van der Waals surface area (Å²) >= 11 is 0. The zero-order valence-corrected chi connectivity index (χ0v) is 20.6. The maximum absolute atomic E-state index is 5.83. The predicted octanol–water partition coefficient (Wildman–Crippen LogP) is 4.68. The van der Waals surface area contributed by atoms with Gasteiger partial charge < -0.3 is 24.8 Å². The molecule has 0 saturated carbocycles. The molecule has 3 aromatic rings. The molecule has 2 fully saturated rings. The number of fused-ring (bicyclic) bond motifs is 1. The first-order valence-electron chi connectivity index (χ1n) is 12.3. The zero-order valence-electron chi connectivity index (χ0n) is 20.6. The normalized spacial score (nSPS) is 16.5. The van der Waals surface area contributed by atoms with E-state index in [1.165, 1.54) is 0 Å². The Morgan fingerprint density at radius 2 is 1.64 bits per heavy atom. The number of aromatic nitrogens is 3. The van der Waals surface area contributed by atoms with Crippen LogP contribution >= 0.6 is 0 Å². The molecule has 5 rings (SSSR count). The van der Waals surface area contributed by atoms with Gasteiger partial charge in [0, 0.05) is 37.3 Å². The Hall–Kier alpha value is -2.71. The first kappa shape index (κ1) is 24.9. The van der Waals surface area contributed by atoms with Crippen molar-refractivity contribution in [1.29, 1.82) is 0 Å². The molecular formula is C25H38N6O2. The van der Waals surface area contributed by atoms with E-state index in [-0.39, 0.29) is 0 Å². The predicted molar refractivity (Wildman–Crippen MR) is 135 cm³/mol. The molecule has 0 amide bonds. The minimum absolute atomic E-state index is 0.365. The second-order valence-corrected chi connectivity index (χ2v) is 7.57. The van der Waals surface area contributed by atoms with E-state index in [9.17, 15) is 0 Å². The highest BCUT2D eigenvalue weighted by Crippen LogP contribution is 2.35. The van der Waals surface area contributed by atoms with Gasteiger partial charge in [0.15, 0.2) is 11.6 Å². The summed E-state index contributed by atoms with van der Waals surface area (Å²) in [6, 6.07) is 8.18. The molecule has 1 aromatic carbocycles. The van der Waals surface area contributed by atoms with Gasteiger partial charge >= 0.3 is 0 Å². The second kappa shape index (κ2) is 12.5. The van der Waals surface area contributed by atoms with Crippen LogP contribution in [-0.2, 0) is 4.74 Å². The average molecular weight is 455 g/mol. The molecule has 0 unspecified atom stereocenters. The fraction of sp³-hybridized carbons (Fsp3) is 0.560. The highest BCUT2D eigenvalue weighted by Gasteiger charge is 2.27. The minimum Gasteiger partial charge on any atom is -0.388 e. The molecule has 4 heterocycles. The number of nitrogens with one attached hydrogen (secondary N) is 2. The second-order valence-electron chi connectivity index (χ2n) is 7.57. The topological polar surface area (TPSA) is 88.3 Å². The van der Waals surface area contributed by atoms with E-state index >= 15 is 0 Å². The van der Waals surface area contributed by atoms with E-state index in [1.54, 1.807) is 0 Å². The van der Waals surface area contributed by atoms with Gasteiger partial charge in [-0.25, -0.2) is 9.97 Å². The highest BCUT2D eigenvalue weighted by atomic mass is 16.5. The largest absolute Gasteiger partial charge is 0.388 e. The van der Waals surface area contributed by atoms with Gasteiger partial charge in [0.05, 0.1) is 13.2 Å². The number of hydrogen-bond donors (Lipinski definition) is 2. The van der Waals surface area contributed by atoms with Crippen LogP contribution in [0.1, 0.15) is 52.1 Å². The number of hydrogen-bond acceptors (Lipinski definition) is 8. The number of piperidine rings is 1. The number of morpholine rings is 1. The standard InChI is InChI=1S/C21H26N6O2.2C2H6/c1-22-16-4-2-15(3-5-16)20-24-18-17(14-6-8-23-9-7-14)26-29-19(18)21(25-20)27-10-12-28-13-11-27;2*1-2/h2-5,14,22-23H,6-13H2,1H3;2*1-2H3. The molecule has 0 aliphatic carbocycles. The molecule has 2 N–H and O–H groups in total. The molecule has 2 aromatic heterocycles. The van der Waals surface area contributed by atoms with Crippen molar-refractivity contribution >= 4 is 22.6 Å². The molecule has 0 radical (unpaired) electrons. The smallest absolute Gasteiger partial charge is 0.227 e. The van der Waals surface area contributed by atoms with Gasteiger partial charge in [0.1, 0.15) is 11.2 Å². The van der Waals surface area contributed by atoms with Gasteiger partial charge in [0.2, 0.25) is 5.58 Å². The first-order chi connectivity index (χ1) is 16.3. The lowest BCUT2D eigenvalue weighted by atomic mass is 9.94. The van der Waals surface area contributed by atoms with Crippen LogP contribution in [0.25, 0.3) is 22.5 Å². The van der Waals surface area contributed by atoms with E-state index in [1.807, 2.05) is 59.0 Å². The molecule has 8 nitrogen and oxygen atoms in total. The summed E-state index contributed by atoms with van der Waals surface area (Å²) < 4.78 is 11.4. The van der Waals surface area contributed by atoms with Crippen LogP contribution in [-0.4, -0.2) is 61.6 Å². The van der Waals surface area contributed by atoms with Crippen molar-refractivity contribution in [3.8, 4) is 11.4 Å². The lowest BCUT2D eigenvalue weighted by Gasteiger charge is -2.27. The van der Waals surface area contributed by atoms with Crippen molar-refractivity contribution in [3.63, 3.8) is 0 Å².